The third-order valence-electron chi connectivity index (χ3n) is 2.62. The Hall–Kier alpha value is -0.450. The summed E-state index contributed by atoms with van der Waals surface area (Å²) in [6.45, 7) is 2.82. The molecule has 1 N–H and O–H groups in total. The third kappa shape index (κ3) is 2.77. The number of aliphatic hydroxyl groups is 1. The quantitative estimate of drug-likeness (QED) is 0.911. The summed E-state index contributed by atoms with van der Waals surface area (Å²) in [5, 5.41) is 8.86. The molecule has 0 radical (unpaired) electrons. The van der Waals surface area contributed by atoms with E-state index in [9.17, 15) is 4.39 Å². The zero-order valence-corrected chi connectivity index (χ0v) is 9.87. The minimum atomic E-state index is -0.210. The van der Waals surface area contributed by atoms with Gasteiger partial charge in [-0.25, -0.2) is 4.39 Å². The Balaban J connectivity index is 1.94. The monoisotopic (exact) mass is 273 g/mol. The summed E-state index contributed by atoms with van der Waals surface area (Å²) in [4.78, 5) is 2.20. The fourth-order valence-electron chi connectivity index (χ4n) is 1.88. The van der Waals surface area contributed by atoms with Gasteiger partial charge in [-0.1, -0.05) is 15.9 Å². The van der Waals surface area contributed by atoms with E-state index in [4.69, 9.17) is 5.11 Å². The van der Waals surface area contributed by atoms with E-state index in [0.717, 1.165) is 29.7 Å². The van der Waals surface area contributed by atoms with Crippen LogP contribution < -0.4 is 0 Å². The van der Waals surface area contributed by atoms with Gasteiger partial charge in [-0.05, 0) is 23.8 Å². The Kier molecular flexibility index (Phi) is 3.38. The molecule has 1 aromatic rings. The van der Waals surface area contributed by atoms with E-state index >= 15 is 0 Å². The Bertz CT molecular complexity index is 332. The lowest BCUT2D eigenvalue weighted by Crippen LogP contribution is -2.47. The predicted molar refractivity (Wildman–Crippen MR) is 60.0 cm³/mol. The predicted octanol–water partition coefficient (Wildman–Crippen LogP) is 2.01. The van der Waals surface area contributed by atoms with E-state index in [0.29, 0.717) is 5.92 Å². The Morgan fingerprint density at radius 1 is 1.40 bits per heavy atom. The van der Waals surface area contributed by atoms with Crippen LogP contribution in [0.5, 0.6) is 0 Å². The van der Waals surface area contributed by atoms with E-state index in [1.165, 1.54) is 6.07 Å². The highest BCUT2D eigenvalue weighted by molar-refractivity contribution is 9.10. The van der Waals surface area contributed by atoms with Crippen LogP contribution in [-0.2, 0) is 6.54 Å². The van der Waals surface area contributed by atoms with Gasteiger partial charge in [0.25, 0.3) is 0 Å². The van der Waals surface area contributed by atoms with Crippen LogP contribution in [0, 0.1) is 11.7 Å². The van der Waals surface area contributed by atoms with Crippen LogP contribution in [0.2, 0.25) is 0 Å². The Labute approximate surface area is 96.8 Å². The highest BCUT2D eigenvalue weighted by Crippen LogP contribution is 2.21. The fourth-order valence-corrected chi connectivity index (χ4v) is 2.39. The van der Waals surface area contributed by atoms with Gasteiger partial charge in [-0.3, -0.25) is 4.90 Å². The lowest BCUT2D eigenvalue weighted by Gasteiger charge is -2.38. The fraction of sp³-hybridized carbons (Fsp3) is 0.455. The van der Waals surface area contributed by atoms with Crippen LogP contribution in [0.4, 0.5) is 4.39 Å². The van der Waals surface area contributed by atoms with E-state index in [1.54, 1.807) is 6.07 Å². The normalized spacial score (nSPS) is 17.8. The molecule has 0 unspecified atom stereocenters. The second-order valence-electron chi connectivity index (χ2n) is 4.02. The SMILES string of the molecule is OCC1CN(Cc2cc(F)cc(Br)c2)C1. The molecule has 1 fully saturated rings. The topological polar surface area (TPSA) is 23.5 Å². The van der Waals surface area contributed by atoms with Crippen molar-refractivity contribution in [1.29, 1.82) is 0 Å². The molecule has 1 aromatic carbocycles. The van der Waals surface area contributed by atoms with Crippen molar-refractivity contribution in [2.75, 3.05) is 19.7 Å². The van der Waals surface area contributed by atoms with Crippen LogP contribution in [-0.4, -0.2) is 29.7 Å². The molecule has 0 bridgehead atoms. The van der Waals surface area contributed by atoms with Gasteiger partial charge in [0.2, 0.25) is 0 Å². The number of rotatable bonds is 3. The standard InChI is InChI=1S/C11H13BrFNO/c12-10-1-8(2-11(13)3-10)4-14-5-9(6-14)7-15/h1-3,9,15H,4-7H2. The molecule has 1 heterocycles. The van der Waals surface area contributed by atoms with Crippen molar-refractivity contribution < 1.29 is 9.50 Å². The molecule has 0 aliphatic carbocycles. The van der Waals surface area contributed by atoms with E-state index in [1.807, 2.05) is 6.07 Å². The minimum absolute atomic E-state index is 0.210. The molecule has 4 heteroatoms. The molecule has 82 valence electrons. The first kappa shape index (κ1) is 11.0. The van der Waals surface area contributed by atoms with E-state index in [2.05, 4.69) is 20.8 Å². The van der Waals surface area contributed by atoms with Gasteiger partial charge in [-0.15, -0.1) is 0 Å². The zero-order chi connectivity index (χ0) is 10.8. The van der Waals surface area contributed by atoms with Gasteiger partial charge in [0.15, 0.2) is 0 Å². The Morgan fingerprint density at radius 3 is 2.73 bits per heavy atom. The summed E-state index contributed by atoms with van der Waals surface area (Å²) in [6, 6.07) is 4.93. The van der Waals surface area contributed by atoms with Crippen molar-refractivity contribution in [3.8, 4) is 0 Å². The van der Waals surface area contributed by atoms with Crippen molar-refractivity contribution in [2.24, 2.45) is 5.92 Å². The van der Waals surface area contributed by atoms with Crippen molar-refractivity contribution >= 4 is 15.9 Å². The maximum atomic E-state index is 13.1. The smallest absolute Gasteiger partial charge is 0.124 e. The molecule has 2 nitrogen and oxygen atoms in total. The molecule has 0 atom stereocenters. The average molecular weight is 274 g/mol. The van der Waals surface area contributed by atoms with Crippen LogP contribution in [0.15, 0.2) is 22.7 Å². The van der Waals surface area contributed by atoms with E-state index in [-0.39, 0.29) is 12.4 Å². The molecule has 1 aliphatic heterocycles. The molecule has 0 saturated carbocycles. The largest absolute Gasteiger partial charge is 0.396 e. The van der Waals surface area contributed by atoms with Gasteiger partial charge < -0.3 is 5.11 Å². The number of nitrogens with zero attached hydrogens (tertiary/aromatic N) is 1. The molecular weight excluding hydrogens is 261 g/mol. The maximum absolute atomic E-state index is 13.1. The highest BCUT2D eigenvalue weighted by atomic mass is 79.9. The van der Waals surface area contributed by atoms with Crippen molar-refractivity contribution in [3.05, 3.63) is 34.1 Å². The van der Waals surface area contributed by atoms with Gasteiger partial charge in [0, 0.05) is 36.6 Å². The minimum Gasteiger partial charge on any atom is -0.396 e. The summed E-state index contributed by atoms with van der Waals surface area (Å²) < 4.78 is 13.8. The molecule has 2 rings (SSSR count). The van der Waals surface area contributed by atoms with Gasteiger partial charge in [0.05, 0.1) is 0 Å². The number of likely N-dealkylation sites (tertiary alicyclic amines) is 1. The third-order valence-corrected chi connectivity index (χ3v) is 3.08. The second kappa shape index (κ2) is 4.60. The molecular formula is C11H13BrFNO. The Morgan fingerprint density at radius 2 is 2.13 bits per heavy atom. The number of hydrogen-bond acceptors (Lipinski definition) is 2. The summed E-state index contributed by atoms with van der Waals surface area (Å²) in [5.41, 5.74) is 0.971. The van der Waals surface area contributed by atoms with Gasteiger partial charge in [0.1, 0.15) is 5.82 Å². The lowest BCUT2D eigenvalue weighted by atomic mass is 10.0. The lowest BCUT2D eigenvalue weighted by molar-refractivity contribution is 0.0478. The van der Waals surface area contributed by atoms with Gasteiger partial charge >= 0.3 is 0 Å². The van der Waals surface area contributed by atoms with Crippen molar-refractivity contribution in [1.82, 2.24) is 4.90 Å². The summed E-state index contributed by atoms with van der Waals surface area (Å²) >= 11 is 3.27. The molecule has 1 saturated heterocycles. The van der Waals surface area contributed by atoms with E-state index < -0.39 is 0 Å². The average Bonchev–Trinajstić information content (AvgIpc) is 2.08. The second-order valence-corrected chi connectivity index (χ2v) is 4.94. The number of aliphatic hydroxyl groups excluding tert-OH is 1. The molecule has 1 aliphatic rings. The summed E-state index contributed by atoms with van der Waals surface area (Å²) in [6.07, 6.45) is 0. The van der Waals surface area contributed by atoms with Crippen LogP contribution in [0.3, 0.4) is 0 Å². The number of hydrogen-bond donors (Lipinski definition) is 1. The zero-order valence-electron chi connectivity index (χ0n) is 8.29. The first-order valence-corrected chi connectivity index (χ1v) is 5.75. The molecule has 15 heavy (non-hydrogen) atoms. The summed E-state index contributed by atoms with van der Waals surface area (Å²) in [5.74, 6) is 0.195. The van der Waals surface area contributed by atoms with Crippen LogP contribution >= 0.6 is 15.9 Å². The maximum Gasteiger partial charge on any atom is 0.124 e. The van der Waals surface area contributed by atoms with Crippen molar-refractivity contribution in [3.63, 3.8) is 0 Å². The van der Waals surface area contributed by atoms with Crippen molar-refractivity contribution in [2.45, 2.75) is 6.54 Å². The molecule has 0 spiro atoms. The number of halogens is 2. The van der Waals surface area contributed by atoms with Crippen LogP contribution in [0.1, 0.15) is 5.56 Å². The highest BCUT2D eigenvalue weighted by Gasteiger charge is 2.25. The first-order chi connectivity index (χ1) is 7.17. The first-order valence-electron chi connectivity index (χ1n) is 4.95. The molecule has 0 aromatic heterocycles. The summed E-state index contributed by atoms with van der Waals surface area (Å²) in [7, 11) is 0. The molecule has 0 amide bonds. The number of benzene rings is 1. The van der Waals surface area contributed by atoms with Crippen LogP contribution in [0.25, 0.3) is 0 Å². The van der Waals surface area contributed by atoms with Gasteiger partial charge in [-0.2, -0.15) is 0 Å².